The number of piperazine rings is 1. The minimum atomic E-state index is 0.315. The highest BCUT2D eigenvalue weighted by atomic mass is 15.2. The molecule has 0 radical (unpaired) electrons. The molecule has 0 unspecified atom stereocenters. The van der Waals surface area contributed by atoms with E-state index in [9.17, 15) is 0 Å². The largest absolute Gasteiger partial charge is 0.368 e. The van der Waals surface area contributed by atoms with Gasteiger partial charge in [0.1, 0.15) is 0 Å². The van der Waals surface area contributed by atoms with Gasteiger partial charge >= 0.3 is 0 Å². The predicted molar refractivity (Wildman–Crippen MR) is 86.6 cm³/mol. The minimum absolute atomic E-state index is 0.315. The number of anilines is 1. The lowest BCUT2D eigenvalue weighted by Gasteiger charge is -2.45. The zero-order valence-electron chi connectivity index (χ0n) is 13.0. The molecule has 0 bridgehead atoms. The summed E-state index contributed by atoms with van der Waals surface area (Å²) in [4.78, 5) is 2.65. The van der Waals surface area contributed by atoms with Crippen molar-refractivity contribution in [3.8, 4) is 0 Å². The van der Waals surface area contributed by atoms with Gasteiger partial charge in [-0.25, -0.2) is 0 Å². The van der Waals surface area contributed by atoms with Gasteiger partial charge in [0.2, 0.25) is 0 Å². The van der Waals surface area contributed by atoms with Crippen LogP contribution in [0.4, 0.5) is 5.69 Å². The van der Waals surface area contributed by atoms with Crippen LogP contribution >= 0.6 is 0 Å². The number of nitrogens with one attached hydrogen (secondary N) is 1. The second kappa shape index (κ2) is 5.77. The Morgan fingerprint density at radius 3 is 2.75 bits per heavy atom. The molecule has 110 valence electrons. The van der Waals surface area contributed by atoms with Gasteiger partial charge < -0.3 is 10.2 Å². The molecule has 20 heavy (non-hydrogen) atoms. The second-order valence-corrected chi connectivity index (χ2v) is 6.46. The lowest BCUT2D eigenvalue weighted by molar-refractivity contribution is 0.277. The third kappa shape index (κ3) is 2.46. The van der Waals surface area contributed by atoms with Crippen LogP contribution in [-0.2, 0) is 12.8 Å². The first-order valence-corrected chi connectivity index (χ1v) is 8.39. The van der Waals surface area contributed by atoms with Gasteiger partial charge in [-0.05, 0) is 55.7 Å². The molecule has 1 N–H and O–H groups in total. The molecule has 2 nitrogen and oxygen atoms in total. The van der Waals surface area contributed by atoms with Gasteiger partial charge in [-0.2, -0.15) is 0 Å². The number of hydrogen-bond acceptors (Lipinski definition) is 2. The van der Waals surface area contributed by atoms with Crippen molar-refractivity contribution >= 4 is 5.69 Å². The molecule has 0 amide bonds. The Morgan fingerprint density at radius 2 is 1.95 bits per heavy atom. The van der Waals surface area contributed by atoms with Crippen molar-refractivity contribution < 1.29 is 0 Å². The van der Waals surface area contributed by atoms with E-state index in [1.807, 2.05) is 0 Å². The summed E-state index contributed by atoms with van der Waals surface area (Å²) >= 11 is 0. The Bertz CT molecular complexity index is 462. The fourth-order valence-electron chi connectivity index (χ4n) is 3.94. The van der Waals surface area contributed by atoms with Crippen molar-refractivity contribution in [2.45, 2.75) is 57.9 Å². The lowest BCUT2D eigenvalue weighted by atomic mass is 9.87. The van der Waals surface area contributed by atoms with Gasteiger partial charge in [0.15, 0.2) is 0 Å². The van der Waals surface area contributed by atoms with E-state index in [0.29, 0.717) is 5.54 Å². The van der Waals surface area contributed by atoms with Crippen molar-refractivity contribution in [3.05, 3.63) is 29.3 Å². The molecular weight excluding hydrogens is 244 g/mol. The predicted octanol–water partition coefficient (Wildman–Crippen LogP) is 3.53. The van der Waals surface area contributed by atoms with Crippen molar-refractivity contribution in [2.24, 2.45) is 0 Å². The van der Waals surface area contributed by atoms with Crippen LogP contribution in [-0.4, -0.2) is 25.2 Å². The summed E-state index contributed by atoms with van der Waals surface area (Å²) in [7, 11) is 0. The third-order valence-electron chi connectivity index (χ3n) is 5.44. The number of hydrogen-bond donors (Lipinski definition) is 1. The molecule has 1 fully saturated rings. The zero-order chi connectivity index (χ0) is 14.0. The number of benzene rings is 1. The summed E-state index contributed by atoms with van der Waals surface area (Å²) in [6.07, 6.45) is 7.72. The van der Waals surface area contributed by atoms with E-state index in [1.165, 1.54) is 44.2 Å². The van der Waals surface area contributed by atoms with Crippen LogP contribution in [0.1, 0.15) is 50.7 Å². The quantitative estimate of drug-likeness (QED) is 0.905. The molecule has 1 aliphatic carbocycles. The molecule has 0 saturated carbocycles. The monoisotopic (exact) mass is 272 g/mol. The normalized spacial score (nSPS) is 21.6. The molecule has 1 saturated heterocycles. The fraction of sp³-hybridized carbons (Fsp3) is 0.667. The van der Waals surface area contributed by atoms with Crippen LogP contribution in [0.3, 0.4) is 0 Å². The van der Waals surface area contributed by atoms with Crippen LogP contribution in [0.2, 0.25) is 0 Å². The Labute approximate surface area is 123 Å². The molecule has 0 aromatic heterocycles. The molecule has 3 rings (SSSR count). The highest BCUT2D eigenvalue weighted by Crippen LogP contribution is 2.33. The van der Waals surface area contributed by atoms with Gasteiger partial charge in [-0.3, -0.25) is 0 Å². The summed E-state index contributed by atoms with van der Waals surface area (Å²) in [6, 6.07) is 6.96. The third-order valence-corrected chi connectivity index (χ3v) is 5.44. The Morgan fingerprint density at radius 1 is 1.15 bits per heavy atom. The van der Waals surface area contributed by atoms with Crippen molar-refractivity contribution in [2.75, 3.05) is 24.5 Å². The van der Waals surface area contributed by atoms with Crippen molar-refractivity contribution in [1.82, 2.24) is 5.32 Å². The zero-order valence-corrected chi connectivity index (χ0v) is 13.0. The topological polar surface area (TPSA) is 15.3 Å². The van der Waals surface area contributed by atoms with Crippen LogP contribution in [0.15, 0.2) is 18.2 Å². The molecule has 1 aromatic carbocycles. The van der Waals surface area contributed by atoms with Gasteiger partial charge in [0.05, 0.1) is 0 Å². The second-order valence-electron chi connectivity index (χ2n) is 6.46. The van der Waals surface area contributed by atoms with Crippen LogP contribution in [0, 0.1) is 0 Å². The number of aryl methyl sites for hydroxylation is 1. The first kappa shape index (κ1) is 13.9. The van der Waals surface area contributed by atoms with E-state index in [1.54, 1.807) is 11.1 Å². The van der Waals surface area contributed by atoms with E-state index in [0.717, 1.165) is 19.6 Å². The smallest absolute Gasteiger partial charge is 0.0402 e. The Balaban J connectivity index is 1.89. The number of fused-ring (bicyclic) bond motifs is 1. The van der Waals surface area contributed by atoms with Crippen molar-refractivity contribution in [1.29, 1.82) is 0 Å². The first-order valence-electron chi connectivity index (χ1n) is 8.39. The maximum atomic E-state index is 3.77. The Kier molecular flexibility index (Phi) is 4.02. The number of rotatable bonds is 3. The average molecular weight is 272 g/mol. The van der Waals surface area contributed by atoms with Gasteiger partial charge in [-0.15, -0.1) is 0 Å². The maximum Gasteiger partial charge on any atom is 0.0402 e. The Hall–Kier alpha value is -1.02. The fourth-order valence-corrected chi connectivity index (χ4v) is 3.94. The SMILES string of the molecule is CCC1(CC)CN(c2cccc3c2CCCC3)CCN1. The molecule has 1 aliphatic heterocycles. The highest BCUT2D eigenvalue weighted by Gasteiger charge is 2.32. The van der Waals surface area contributed by atoms with E-state index in [-0.39, 0.29) is 0 Å². The van der Waals surface area contributed by atoms with Crippen LogP contribution in [0.5, 0.6) is 0 Å². The maximum absolute atomic E-state index is 3.77. The summed E-state index contributed by atoms with van der Waals surface area (Å²) in [5.74, 6) is 0. The molecule has 0 atom stereocenters. The van der Waals surface area contributed by atoms with E-state index < -0.39 is 0 Å². The lowest BCUT2D eigenvalue weighted by Crippen LogP contribution is -2.60. The van der Waals surface area contributed by atoms with E-state index in [2.05, 4.69) is 42.3 Å². The molecule has 2 heteroatoms. The molecular formula is C18H28N2. The van der Waals surface area contributed by atoms with Crippen molar-refractivity contribution in [3.63, 3.8) is 0 Å². The van der Waals surface area contributed by atoms with Crippen LogP contribution in [0.25, 0.3) is 0 Å². The summed E-state index contributed by atoms with van der Waals surface area (Å²) < 4.78 is 0. The number of nitrogens with zero attached hydrogens (tertiary/aromatic N) is 1. The van der Waals surface area contributed by atoms with Gasteiger partial charge in [0.25, 0.3) is 0 Å². The minimum Gasteiger partial charge on any atom is -0.368 e. The van der Waals surface area contributed by atoms with Crippen LogP contribution < -0.4 is 10.2 Å². The standard InChI is InChI=1S/C18H28N2/c1-3-18(4-2)14-20(13-12-19-18)17-11-7-9-15-8-5-6-10-16(15)17/h7,9,11,19H,3-6,8,10,12-14H2,1-2H3. The summed E-state index contributed by atoms with van der Waals surface area (Å²) in [6.45, 7) is 8.07. The highest BCUT2D eigenvalue weighted by molar-refractivity contribution is 5.58. The molecule has 0 spiro atoms. The van der Waals surface area contributed by atoms with Gasteiger partial charge in [-0.1, -0.05) is 26.0 Å². The summed E-state index contributed by atoms with van der Waals surface area (Å²) in [5, 5.41) is 3.77. The average Bonchev–Trinajstić information content (AvgIpc) is 2.54. The van der Waals surface area contributed by atoms with E-state index >= 15 is 0 Å². The molecule has 1 aromatic rings. The molecule has 1 heterocycles. The first-order chi connectivity index (χ1) is 9.78. The van der Waals surface area contributed by atoms with E-state index in [4.69, 9.17) is 0 Å². The summed E-state index contributed by atoms with van der Waals surface area (Å²) in [5.41, 5.74) is 5.08. The van der Waals surface area contributed by atoms with Gasteiger partial charge in [0, 0.05) is 30.9 Å². The molecule has 2 aliphatic rings.